The Morgan fingerprint density at radius 2 is 1.64 bits per heavy atom. The van der Waals surface area contributed by atoms with Crippen LogP contribution in [0, 0.1) is 5.92 Å². The van der Waals surface area contributed by atoms with Crippen molar-refractivity contribution in [3.8, 4) is 0 Å². The summed E-state index contributed by atoms with van der Waals surface area (Å²) in [5, 5.41) is 3.15. The Labute approximate surface area is 248 Å². The van der Waals surface area contributed by atoms with Gasteiger partial charge in [-0.25, -0.2) is 17.5 Å². The maximum Gasteiger partial charge on any atom is 0.329 e. The molecule has 0 aromatic heterocycles. The van der Waals surface area contributed by atoms with E-state index in [9.17, 15) is 22.8 Å². The van der Waals surface area contributed by atoms with Gasteiger partial charge in [-0.3, -0.25) is 14.9 Å². The van der Waals surface area contributed by atoms with E-state index in [-0.39, 0.29) is 31.6 Å². The summed E-state index contributed by atoms with van der Waals surface area (Å²) in [4.78, 5) is 41.8. The summed E-state index contributed by atoms with van der Waals surface area (Å²) in [5.74, 6) is -1.40. The van der Waals surface area contributed by atoms with Gasteiger partial charge in [0.25, 0.3) is 0 Å². The van der Waals surface area contributed by atoms with Crippen molar-refractivity contribution in [2.75, 3.05) is 26.0 Å². The highest BCUT2D eigenvalue weighted by atomic mass is 32.2. The van der Waals surface area contributed by atoms with Crippen LogP contribution in [0.5, 0.6) is 0 Å². The molecule has 2 aromatic carbocycles. The molecule has 11 heteroatoms. The van der Waals surface area contributed by atoms with Crippen molar-refractivity contribution in [1.82, 2.24) is 14.5 Å². The highest BCUT2D eigenvalue weighted by molar-refractivity contribution is 7.88. The molecule has 1 amide bonds. The van der Waals surface area contributed by atoms with Crippen LogP contribution in [0.2, 0.25) is 0 Å². The number of fused-ring (bicyclic) bond motifs is 1. The molecule has 0 spiro atoms. The fraction of sp³-hybridized carbons (Fsp3) is 0.516. The SMILES string of the molecule is CCOC(=O)C(CCc1ccccc1)N[C@@H](C)C(=O)N1C(C(=O)OCc2ccccc2)CC2CCN(S(C)(=O)=O)CC21. The van der Waals surface area contributed by atoms with E-state index in [2.05, 4.69) is 5.32 Å². The van der Waals surface area contributed by atoms with Crippen molar-refractivity contribution in [1.29, 1.82) is 0 Å². The van der Waals surface area contributed by atoms with Crippen LogP contribution in [-0.2, 0) is 46.9 Å². The van der Waals surface area contributed by atoms with E-state index in [1.54, 1.807) is 13.8 Å². The molecule has 0 aliphatic carbocycles. The highest BCUT2D eigenvalue weighted by Crippen LogP contribution is 2.37. The maximum absolute atomic E-state index is 14.1. The lowest BCUT2D eigenvalue weighted by Crippen LogP contribution is -2.58. The third-order valence-corrected chi connectivity index (χ3v) is 9.35. The fourth-order valence-corrected chi connectivity index (χ4v) is 6.75. The number of rotatable bonds is 12. The lowest BCUT2D eigenvalue weighted by atomic mass is 9.92. The van der Waals surface area contributed by atoms with Crippen molar-refractivity contribution < 1.29 is 32.3 Å². The molecule has 2 aliphatic heterocycles. The minimum atomic E-state index is -3.49. The van der Waals surface area contributed by atoms with Gasteiger partial charge in [0, 0.05) is 19.1 Å². The first-order valence-electron chi connectivity index (χ1n) is 14.5. The smallest absolute Gasteiger partial charge is 0.329 e. The van der Waals surface area contributed by atoms with Crippen molar-refractivity contribution >= 4 is 27.9 Å². The van der Waals surface area contributed by atoms with E-state index < -0.39 is 46.1 Å². The molecule has 4 unspecified atom stereocenters. The molecule has 0 radical (unpaired) electrons. The predicted octanol–water partition coefficient (Wildman–Crippen LogP) is 2.52. The van der Waals surface area contributed by atoms with Crippen molar-refractivity contribution in [3.05, 3.63) is 71.8 Å². The van der Waals surface area contributed by atoms with Gasteiger partial charge in [0.15, 0.2) is 0 Å². The van der Waals surface area contributed by atoms with E-state index in [0.717, 1.165) is 17.4 Å². The summed E-state index contributed by atoms with van der Waals surface area (Å²) in [6.07, 6.45) is 3.10. The number of carbonyl (C=O) groups is 3. The number of hydrogen-bond donors (Lipinski definition) is 1. The van der Waals surface area contributed by atoms with Crippen LogP contribution in [0.4, 0.5) is 0 Å². The largest absolute Gasteiger partial charge is 0.465 e. The maximum atomic E-state index is 14.1. The summed E-state index contributed by atoms with van der Waals surface area (Å²) in [6.45, 7) is 4.12. The Morgan fingerprint density at radius 1 is 1.00 bits per heavy atom. The molecule has 4 rings (SSSR count). The molecule has 2 heterocycles. The van der Waals surface area contributed by atoms with Gasteiger partial charge >= 0.3 is 11.9 Å². The van der Waals surface area contributed by atoms with Gasteiger partial charge in [-0.15, -0.1) is 0 Å². The number of aryl methyl sites for hydroxylation is 1. The lowest BCUT2D eigenvalue weighted by molar-refractivity contribution is -0.157. The van der Waals surface area contributed by atoms with E-state index in [4.69, 9.17) is 9.47 Å². The number of esters is 2. The Balaban J connectivity index is 1.53. The molecule has 228 valence electrons. The molecule has 5 atom stereocenters. The number of carbonyl (C=O) groups excluding carboxylic acids is 3. The Kier molecular flexibility index (Phi) is 10.7. The van der Waals surface area contributed by atoms with Crippen LogP contribution < -0.4 is 5.32 Å². The van der Waals surface area contributed by atoms with Crippen molar-refractivity contribution in [2.24, 2.45) is 5.92 Å². The second-order valence-corrected chi connectivity index (χ2v) is 13.0. The van der Waals surface area contributed by atoms with Gasteiger partial charge in [0.2, 0.25) is 15.9 Å². The highest BCUT2D eigenvalue weighted by Gasteiger charge is 2.51. The van der Waals surface area contributed by atoms with Crippen LogP contribution in [0.1, 0.15) is 44.2 Å². The first-order chi connectivity index (χ1) is 20.1. The Morgan fingerprint density at radius 3 is 2.26 bits per heavy atom. The molecule has 2 aliphatic rings. The number of benzene rings is 2. The minimum Gasteiger partial charge on any atom is -0.465 e. The van der Waals surface area contributed by atoms with Gasteiger partial charge in [0.1, 0.15) is 18.7 Å². The number of nitrogens with zero attached hydrogens (tertiary/aromatic N) is 2. The van der Waals surface area contributed by atoms with Crippen LogP contribution in [0.3, 0.4) is 0 Å². The monoisotopic (exact) mass is 599 g/mol. The number of nitrogens with one attached hydrogen (secondary N) is 1. The van der Waals surface area contributed by atoms with Crippen molar-refractivity contribution in [3.63, 3.8) is 0 Å². The summed E-state index contributed by atoms with van der Waals surface area (Å²) < 4.78 is 37.1. The zero-order chi connectivity index (χ0) is 30.3. The van der Waals surface area contributed by atoms with Gasteiger partial charge in [0.05, 0.1) is 18.9 Å². The van der Waals surface area contributed by atoms with E-state index in [1.165, 1.54) is 9.21 Å². The van der Waals surface area contributed by atoms with Crippen LogP contribution in [-0.4, -0.2) is 85.6 Å². The third kappa shape index (κ3) is 7.96. The number of piperidine rings is 1. The number of amides is 1. The lowest BCUT2D eigenvalue weighted by Gasteiger charge is -2.39. The first-order valence-corrected chi connectivity index (χ1v) is 16.4. The predicted molar refractivity (Wildman–Crippen MR) is 158 cm³/mol. The zero-order valence-corrected chi connectivity index (χ0v) is 25.3. The second-order valence-electron chi connectivity index (χ2n) is 11.0. The fourth-order valence-electron chi connectivity index (χ4n) is 5.89. The summed E-state index contributed by atoms with van der Waals surface area (Å²) in [6, 6.07) is 16.1. The topological polar surface area (TPSA) is 122 Å². The molecule has 0 saturated carbocycles. The molecule has 2 aromatic rings. The van der Waals surface area contributed by atoms with E-state index >= 15 is 0 Å². The van der Waals surface area contributed by atoms with Crippen molar-refractivity contribution in [2.45, 2.75) is 70.3 Å². The summed E-state index contributed by atoms with van der Waals surface area (Å²) >= 11 is 0. The molecular weight excluding hydrogens is 558 g/mol. The van der Waals surface area contributed by atoms with Gasteiger partial charge in [-0.05, 0) is 56.6 Å². The second kappa shape index (κ2) is 14.3. The third-order valence-electron chi connectivity index (χ3n) is 8.08. The van der Waals surface area contributed by atoms with Crippen LogP contribution in [0.15, 0.2) is 60.7 Å². The van der Waals surface area contributed by atoms with Gasteiger partial charge < -0.3 is 14.4 Å². The van der Waals surface area contributed by atoms with Gasteiger partial charge in [-0.2, -0.15) is 0 Å². The number of hydrogen-bond acceptors (Lipinski definition) is 8. The molecule has 0 bridgehead atoms. The molecule has 42 heavy (non-hydrogen) atoms. The number of sulfonamides is 1. The summed E-state index contributed by atoms with van der Waals surface area (Å²) in [5.41, 5.74) is 1.88. The number of ether oxygens (including phenoxy) is 2. The molecule has 1 N–H and O–H groups in total. The Bertz CT molecular complexity index is 1320. The normalized spacial score (nSPS) is 22.2. The average molecular weight is 600 g/mol. The zero-order valence-electron chi connectivity index (χ0n) is 24.5. The average Bonchev–Trinajstić information content (AvgIpc) is 3.37. The summed E-state index contributed by atoms with van der Waals surface area (Å²) in [7, 11) is -3.49. The minimum absolute atomic E-state index is 0.0487. The van der Waals surface area contributed by atoms with E-state index in [1.807, 2.05) is 60.7 Å². The standard InChI is InChI=1S/C31H41N3O7S/c1-4-40-30(36)26(16-15-23-11-7-5-8-12-23)32-22(2)29(35)34-27(31(37)41-21-24-13-9-6-10-14-24)19-25-17-18-33(20-28(25)34)42(3,38)39/h5-14,22,25-28,32H,4,15-21H2,1-3H3/t22-,25?,26?,27?,28?/m0/s1. The van der Waals surface area contributed by atoms with Crippen LogP contribution in [0.25, 0.3) is 0 Å². The Hall–Kier alpha value is -3.28. The molecule has 2 fully saturated rings. The quantitative estimate of drug-likeness (QED) is 0.370. The molecular formula is C31H41N3O7S. The van der Waals surface area contributed by atoms with Crippen LogP contribution >= 0.6 is 0 Å². The number of likely N-dealkylation sites (tertiary alicyclic amines) is 1. The molecule has 2 saturated heterocycles. The molecule has 10 nitrogen and oxygen atoms in total. The van der Waals surface area contributed by atoms with E-state index in [0.29, 0.717) is 32.2 Å². The first kappa shape index (κ1) is 31.7. The van der Waals surface area contributed by atoms with Gasteiger partial charge in [-0.1, -0.05) is 60.7 Å².